The summed E-state index contributed by atoms with van der Waals surface area (Å²) >= 11 is 5.14. The molecule has 4 rings (SSSR count). The third-order valence-electron chi connectivity index (χ3n) is 6.06. The molecule has 1 amide bonds. The van der Waals surface area contributed by atoms with Crippen molar-refractivity contribution in [2.45, 2.75) is 59.6 Å². The number of carbonyl (C=O) groups is 1. The molecular weight excluding hydrogens is 524 g/mol. The number of aromatic nitrogens is 1. The number of nitrogens with zero attached hydrogens (tertiary/aromatic N) is 2. The zero-order valence-electron chi connectivity index (χ0n) is 21.1. The van der Waals surface area contributed by atoms with Crippen molar-refractivity contribution in [2.75, 3.05) is 18.5 Å². The Hall–Kier alpha value is -2.38. The summed E-state index contributed by atoms with van der Waals surface area (Å²) in [7, 11) is 0. The summed E-state index contributed by atoms with van der Waals surface area (Å²) in [6.07, 6.45) is 1.46. The molecule has 5 nitrogen and oxygen atoms in total. The lowest BCUT2D eigenvalue weighted by Gasteiger charge is -2.29. The molecule has 1 aliphatic heterocycles. The zero-order valence-corrected chi connectivity index (χ0v) is 23.5. The van der Waals surface area contributed by atoms with Gasteiger partial charge in [-0.25, -0.2) is 9.78 Å². The van der Waals surface area contributed by atoms with E-state index in [9.17, 15) is 4.79 Å². The molecule has 0 aliphatic carbocycles. The van der Waals surface area contributed by atoms with E-state index in [2.05, 4.69) is 60.1 Å². The summed E-state index contributed by atoms with van der Waals surface area (Å²) in [4.78, 5) is 20.5. The summed E-state index contributed by atoms with van der Waals surface area (Å²) in [5.41, 5.74) is 6.44. The minimum atomic E-state index is -0.498. The second-order valence-corrected chi connectivity index (χ2v) is 11.7. The molecule has 0 fully saturated rings. The van der Waals surface area contributed by atoms with Crippen molar-refractivity contribution < 1.29 is 14.3 Å². The van der Waals surface area contributed by atoms with Gasteiger partial charge in [0.05, 0.1) is 18.8 Å². The van der Waals surface area contributed by atoms with Crippen molar-refractivity contribution in [3.8, 4) is 27.4 Å². The average molecular weight is 558 g/mol. The van der Waals surface area contributed by atoms with E-state index >= 15 is 0 Å². The highest BCUT2D eigenvalue weighted by molar-refractivity contribution is 9.09. The van der Waals surface area contributed by atoms with Gasteiger partial charge in [-0.15, -0.1) is 11.3 Å². The van der Waals surface area contributed by atoms with Crippen LogP contribution in [0.2, 0.25) is 0 Å². The summed E-state index contributed by atoms with van der Waals surface area (Å²) in [6, 6.07) is 12.7. The monoisotopic (exact) mass is 556 g/mol. The van der Waals surface area contributed by atoms with E-state index in [0.29, 0.717) is 19.7 Å². The molecule has 3 aromatic rings. The molecule has 0 atom stereocenters. The van der Waals surface area contributed by atoms with Crippen molar-refractivity contribution in [1.29, 1.82) is 0 Å². The summed E-state index contributed by atoms with van der Waals surface area (Å²) < 4.78 is 11.6. The highest BCUT2D eigenvalue weighted by atomic mass is 79.9. The van der Waals surface area contributed by atoms with Gasteiger partial charge in [0.25, 0.3) is 0 Å². The highest BCUT2D eigenvalue weighted by Gasteiger charge is 2.28. The van der Waals surface area contributed by atoms with Crippen LogP contribution in [0.3, 0.4) is 0 Å². The number of ether oxygens (including phenoxy) is 2. The molecule has 1 aromatic heterocycles. The second-order valence-electron chi connectivity index (χ2n) is 9.84. The molecule has 0 N–H and O–H groups in total. The maximum absolute atomic E-state index is 12.6. The van der Waals surface area contributed by atoms with E-state index in [1.807, 2.05) is 26.8 Å². The highest BCUT2D eigenvalue weighted by Crippen LogP contribution is 2.39. The molecule has 0 saturated carbocycles. The van der Waals surface area contributed by atoms with Crippen molar-refractivity contribution in [3.63, 3.8) is 0 Å². The van der Waals surface area contributed by atoms with Crippen LogP contribution in [0.15, 0.2) is 36.4 Å². The fourth-order valence-electron chi connectivity index (χ4n) is 4.25. The van der Waals surface area contributed by atoms with Gasteiger partial charge in [0.15, 0.2) is 0 Å². The minimum absolute atomic E-state index is 0.259. The minimum Gasteiger partial charge on any atom is -0.493 e. The van der Waals surface area contributed by atoms with Crippen LogP contribution in [-0.4, -0.2) is 40.1 Å². The predicted octanol–water partition coefficient (Wildman–Crippen LogP) is 7.55. The van der Waals surface area contributed by atoms with Crippen LogP contribution in [0.25, 0.3) is 21.7 Å². The van der Waals surface area contributed by atoms with E-state index in [1.54, 1.807) is 16.2 Å². The summed E-state index contributed by atoms with van der Waals surface area (Å²) in [5, 5.41) is 1.93. The molecular formula is C28H33BrN2O3S. The molecule has 0 spiro atoms. The number of thiazole rings is 1. The molecule has 0 bridgehead atoms. The summed E-state index contributed by atoms with van der Waals surface area (Å²) in [6.45, 7) is 11.8. The normalized spacial score (nSPS) is 13.5. The second kappa shape index (κ2) is 10.7. The number of hydrogen-bond donors (Lipinski definition) is 0. The first-order valence-corrected chi connectivity index (χ1v) is 14.0. The zero-order chi connectivity index (χ0) is 25.2. The Morgan fingerprint density at radius 3 is 2.49 bits per heavy atom. The molecule has 7 heteroatoms. The average Bonchev–Trinajstić information content (AvgIpc) is 3.23. The Bertz CT molecular complexity index is 1220. The number of benzene rings is 2. The van der Waals surface area contributed by atoms with E-state index in [-0.39, 0.29) is 6.09 Å². The first-order chi connectivity index (χ1) is 16.7. The lowest BCUT2D eigenvalue weighted by Crippen LogP contribution is -2.39. The Morgan fingerprint density at radius 1 is 1.09 bits per heavy atom. The lowest BCUT2D eigenvalue weighted by molar-refractivity contribution is 0.0225. The SMILES string of the molecule is Cc1c(OCCCBr)cccc1-c1cccc(-c2nc3c(s2)CN(C(=O)OC(C)(C)C)CC3)c1C. The fourth-order valence-corrected chi connectivity index (χ4v) is 5.69. The topological polar surface area (TPSA) is 51.7 Å². The smallest absolute Gasteiger partial charge is 0.410 e. The first kappa shape index (κ1) is 25.7. The Labute approximate surface area is 220 Å². The van der Waals surface area contributed by atoms with Gasteiger partial charge in [0.1, 0.15) is 16.4 Å². The number of hydrogen-bond acceptors (Lipinski definition) is 5. The van der Waals surface area contributed by atoms with Crippen LogP contribution in [0, 0.1) is 13.8 Å². The van der Waals surface area contributed by atoms with Crippen LogP contribution in [0.4, 0.5) is 4.79 Å². The fraction of sp³-hybridized carbons (Fsp3) is 0.429. The maximum atomic E-state index is 12.6. The maximum Gasteiger partial charge on any atom is 0.410 e. The van der Waals surface area contributed by atoms with Crippen LogP contribution >= 0.6 is 27.3 Å². The van der Waals surface area contributed by atoms with Crippen LogP contribution in [0.5, 0.6) is 5.75 Å². The van der Waals surface area contributed by atoms with Gasteiger partial charge in [-0.1, -0.05) is 46.3 Å². The predicted molar refractivity (Wildman–Crippen MR) is 147 cm³/mol. The van der Waals surface area contributed by atoms with Crippen LogP contribution in [0.1, 0.15) is 48.9 Å². The molecule has 35 heavy (non-hydrogen) atoms. The Kier molecular flexibility index (Phi) is 7.86. The van der Waals surface area contributed by atoms with E-state index in [4.69, 9.17) is 14.5 Å². The molecule has 0 radical (unpaired) electrons. The van der Waals surface area contributed by atoms with Gasteiger partial charge in [-0.2, -0.15) is 0 Å². The lowest BCUT2D eigenvalue weighted by atomic mass is 9.93. The van der Waals surface area contributed by atoms with E-state index < -0.39 is 5.60 Å². The van der Waals surface area contributed by atoms with Crippen molar-refractivity contribution in [2.24, 2.45) is 0 Å². The van der Waals surface area contributed by atoms with Gasteiger partial charge in [0, 0.05) is 28.7 Å². The third-order valence-corrected chi connectivity index (χ3v) is 7.73. The van der Waals surface area contributed by atoms with E-state index in [1.165, 1.54) is 16.7 Å². The Balaban J connectivity index is 1.61. The van der Waals surface area contributed by atoms with Gasteiger partial charge in [0.2, 0.25) is 0 Å². The molecule has 186 valence electrons. The Morgan fingerprint density at radius 2 is 1.77 bits per heavy atom. The molecule has 0 saturated heterocycles. The van der Waals surface area contributed by atoms with Crippen molar-refractivity contribution in [3.05, 3.63) is 58.1 Å². The molecule has 2 heterocycles. The van der Waals surface area contributed by atoms with Crippen LogP contribution < -0.4 is 4.74 Å². The number of halogens is 1. The standard InChI is InChI=1S/C28H33BrN2O3S/c1-18-20(21-10-7-12-24(19(21)2)33-16-8-14-29)9-6-11-22(18)26-30-23-13-15-31(17-25(23)35-26)27(32)34-28(3,4)5/h6-7,9-12H,8,13-17H2,1-5H3. The van der Waals surface area contributed by atoms with Gasteiger partial charge in [-0.05, 0) is 69.4 Å². The summed E-state index contributed by atoms with van der Waals surface area (Å²) in [5.74, 6) is 0.931. The van der Waals surface area contributed by atoms with E-state index in [0.717, 1.165) is 50.6 Å². The number of fused-ring (bicyclic) bond motifs is 1. The van der Waals surface area contributed by atoms with Crippen LogP contribution in [-0.2, 0) is 17.7 Å². The number of amides is 1. The number of alkyl halides is 1. The third kappa shape index (κ3) is 5.89. The van der Waals surface area contributed by atoms with Gasteiger partial charge < -0.3 is 14.4 Å². The van der Waals surface area contributed by atoms with Crippen molar-refractivity contribution >= 4 is 33.4 Å². The molecule has 0 unspecified atom stereocenters. The molecule has 1 aliphatic rings. The quantitative estimate of drug-likeness (QED) is 0.232. The largest absolute Gasteiger partial charge is 0.493 e. The van der Waals surface area contributed by atoms with Crippen molar-refractivity contribution in [1.82, 2.24) is 9.88 Å². The molecule has 2 aromatic carbocycles. The first-order valence-electron chi connectivity index (χ1n) is 12.0. The number of carbonyl (C=O) groups excluding carboxylic acids is 1. The van der Waals surface area contributed by atoms with Gasteiger partial charge in [-0.3, -0.25) is 0 Å². The number of rotatable bonds is 6. The van der Waals surface area contributed by atoms with Gasteiger partial charge >= 0.3 is 6.09 Å².